The molecular weight excluding hydrogens is 232 g/mol. The number of rotatable bonds is 4. The maximum Gasteiger partial charge on any atom is 0.138 e. The minimum atomic E-state index is -0.0864. The van der Waals surface area contributed by atoms with Crippen LogP contribution in [0.2, 0.25) is 0 Å². The summed E-state index contributed by atoms with van der Waals surface area (Å²) in [6.45, 7) is 9.29. The van der Waals surface area contributed by atoms with Gasteiger partial charge in [0.15, 0.2) is 0 Å². The molecule has 0 aliphatic carbocycles. The van der Waals surface area contributed by atoms with Crippen LogP contribution >= 0.6 is 11.8 Å². The topological polar surface area (TPSA) is 63.8 Å². The Bertz CT molecular complexity index is 373. The molecular formula is C12H22N4S. The normalized spacial score (nSPS) is 13.5. The lowest BCUT2D eigenvalue weighted by molar-refractivity contribution is 0.547. The van der Waals surface area contributed by atoms with E-state index in [0.29, 0.717) is 11.1 Å². The number of nitrogens with zero attached hydrogens (tertiary/aromatic N) is 2. The molecule has 0 fully saturated rings. The summed E-state index contributed by atoms with van der Waals surface area (Å²) >= 11 is 1.82. The molecule has 0 saturated carbocycles. The highest BCUT2D eigenvalue weighted by Crippen LogP contribution is 2.21. The van der Waals surface area contributed by atoms with E-state index >= 15 is 0 Å². The van der Waals surface area contributed by atoms with E-state index in [2.05, 4.69) is 49.2 Å². The van der Waals surface area contributed by atoms with E-state index in [1.165, 1.54) is 0 Å². The van der Waals surface area contributed by atoms with Crippen LogP contribution in [0.25, 0.3) is 0 Å². The fourth-order valence-electron chi connectivity index (χ4n) is 1.22. The number of nitrogen functional groups attached to an aromatic ring is 1. The summed E-state index contributed by atoms with van der Waals surface area (Å²) in [7, 11) is 0. The number of nitrogens with one attached hydrogen (secondary N) is 1. The number of nitrogens with two attached hydrogens (primary N) is 1. The van der Waals surface area contributed by atoms with Gasteiger partial charge in [-0.15, -0.1) is 0 Å². The van der Waals surface area contributed by atoms with Crippen LogP contribution in [-0.2, 0) is 5.41 Å². The zero-order valence-electron chi connectivity index (χ0n) is 11.2. The van der Waals surface area contributed by atoms with E-state index in [1.54, 1.807) is 6.07 Å². The van der Waals surface area contributed by atoms with Crippen molar-refractivity contribution in [1.29, 1.82) is 0 Å². The number of anilines is 2. The Morgan fingerprint density at radius 1 is 1.41 bits per heavy atom. The second-order valence-electron chi connectivity index (χ2n) is 5.18. The van der Waals surface area contributed by atoms with E-state index in [0.717, 1.165) is 18.2 Å². The first-order chi connectivity index (χ1) is 7.82. The summed E-state index contributed by atoms with van der Waals surface area (Å²) in [6, 6.07) is 1.78. The van der Waals surface area contributed by atoms with Gasteiger partial charge in [-0.1, -0.05) is 27.7 Å². The lowest BCUT2D eigenvalue weighted by Crippen LogP contribution is -2.20. The summed E-state index contributed by atoms with van der Waals surface area (Å²) < 4.78 is 0. The largest absolute Gasteiger partial charge is 0.384 e. The Kier molecular flexibility index (Phi) is 4.62. The fraction of sp³-hybridized carbons (Fsp3) is 0.667. The summed E-state index contributed by atoms with van der Waals surface area (Å²) in [4.78, 5) is 8.77. The molecule has 0 radical (unpaired) electrons. The van der Waals surface area contributed by atoms with E-state index in [1.807, 2.05) is 11.8 Å². The number of hydrogen-bond donors (Lipinski definition) is 2. The number of thioether (sulfide) groups is 1. The smallest absolute Gasteiger partial charge is 0.138 e. The van der Waals surface area contributed by atoms with E-state index in [-0.39, 0.29) is 5.41 Å². The van der Waals surface area contributed by atoms with Gasteiger partial charge < -0.3 is 11.1 Å². The van der Waals surface area contributed by atoms with Crippen molar-refractivity contribution < 1.29 is 0 Å². The lowest BCUT2D eigenvalue weighted by atomic mass is 9.96. The van der Waals surface area contributed by atoms with E-state index < -0.39 is 0 Å². The fourth-order valence-corrected chi connectivity index (χ4v) is 1.47. The van der Waals surface area contributed by atoms with Crippen LogP contribution in [-0.4, -0.2) is 28.0 Å². The van der Waals surface area contributed by atoms with Gasteiger partial charge in [-0.2, -0.15) is 11.8 Å². The molecule has 1 heterocycles. The molecule has 0 amide bonds. The molecule has 0 aliphatic rings. The second-order valence-corrected chi connectivity index (χ2v) is 6.46. The predicted molar refractivity (Wildman–Crippen MR) is 76.6 cm³/mol. The molecule has 0 saturated heterocycles. The van der Waals surface area contributed by atoms with Crippen molar-refractivity contribution >= 4 is 23.4 Å². The van der Waals surface area contributed by atoms with Gasteiger partial charge in [-0.05, 0) is 6.26 Å². The third kappa shape index (κ3) is 4.42. The molecule has 1 rings (SSSR count). The molecule has 17 heavy (non-hydrogen) atoms. The van der Waals surface area contributed by atoms with Crippen LogP contribution in [0.3, 0.4) is 0 Å². The van der Waals surface area contributed by atoms with E-state index in [9.17, 15) is 0 Å². The first kappa shape index (κ1) is 14.1. The Balaban J connectivity index is 2.83. The SMILES string of the molecule is CSC(C)CNc1cc(N)nc(C(C)(C)C)n1. The highest BCUT2D eigenvalue weighted by atomic mass is 32.2. The molecule has 5 heteroatoms. The molecule has 1 atom stereocenters. The Morgan fingerprint density at radius 2 is 2.06 bits per heavy atom. The van der Waals surface area contributed by atoms with Gasteiger partial charge in [0.1, 0.15) is 17.5 Å². The van der Waals surface area contributed by atoms with Crippen molar-refractivity contribution in [2.24, 2.45) is 0 Å². The van der Waals surface area contributed by atoms with Gasteiger partial charge in [0, 0.05) is 23.3 Å². The molecule has 1 aromatic heterocycles. The molecule has 0 spiro atoms. The molecule has 0 aromatic carbocycles. The maximum absolute atomic E-state index is 5.80. The molecule has 0 bridgehead atoms. The van der Waals surface area contributed by atoms with Crippen molar-refractivity contribution in [3.05, 3.63) is 11.9 Å². The van der Waals surface area contributed by atoms with Gasteiger partial charge in [-0.3, -0.25) is 0 Å². The summed E-state index contributed by atoms with van der Waals surface area (Å²) in [6.07, 6.45) is 2.10. The minimum absolute atomic E-state index is 0.0864. The van der Waals surface area contributed by atoms with Crippen LogP contribution in [0.1, 0.15) is 33.5 Å². The van der Waals surface area contributed by atoms with Crippen molar-refractivity contribution in [3.8, 4) is 0 Å². The Labute approximate surface area is 108 Å². The van der Waals surface area contributed by atoms with Gasteiger partial charge in [0.25, 0.3) is 0 Å². The van der Waals surface area contributed by atoms with Gasteiger partial charge in [-0.25, -0.2) is 9.97 Å². The molecule has 96 valence electrons. The van der Waals surface area contributed by atoms with Crippen LogP contribution in [0.4, 0.5) is 11.6 Å². The standard InChI is InChI=1S/C12H22N4S/c1-8(17-5)7-14-10-6-9(13)15-11(16-10)12(2,3)4/h6,8H,7H2,1-5H3,(H3,13,14,15,16). The van der Waals surface area contributed by atoms with Crippen molar-refractivity contribution in [2.75, 3.05) is 23.9 Å². The molecule has 1 unspecified atom stereocenters. The quantitative estimate of drug-likeness (QED) is 0.864. The van der Waals surface area contributed by atoms with Crippen molar-refractivity contribution in [2.45, 2.75) is 38.4 Å². The zero-order chi connectivity index (χ0) is 13.1. The zero-order valence-corrected chi connectivity index (χ0v) is 12.1. The first-order valence-corrected chi connectivity index (χ1v) is 7.03. The maximum atomic E-state index is 5.80. The van der Waals surface area contributed by atoms with Crippen LogP contribution in [0.5, 0.6) is 0 Å². The van der Waals surface area contributed by atoms with Crippen LogP contribution in [0.15, 0.2) is 6.07 Å². The summed E-state index contributed by atoms with van der Waals surface area (Å²) in [5.41, 5.74) is 5.71. The Hall–Kier alpha value is -0.970. The molecule has 1 aromatic rings. The lowest BCUT2D eigenvalue weighted by Gasteiger charge is -2.18. The third-order valence-electron chi connectivity index (χ3n) is 2.39. The predicted octanol–water partition coefficient (Wildman–Crippen LogP) is 2.52. The molecule has 0 aliphatic heterocycles. The highest BCUT2D eigenvalue weighted by molar-refractivity contribution is 7.99. The van der Waals surface area contributed by atoms with Crippen LogP contribution in [0, 0.1) is 0 Å². The third-order valence-corrected chi connectivity index (χ3v) is 3.36. The van der Waals surface area contributed by atoms with Crippen LogP contribution < -0.4 is 11.1 Å². The number of aromatic nitrogens is 2. The number of hydrogen-bond acceptors (Lipinski definition) is 5. The molecule has 4 nitrogen and oxygen atoms in total. The summed E-state index contributed by atoms with van der Waals surface area (Å²) in [5, 5.41) is 3.84. The van der Waals surface area contributed by atoms with Gasteiger partial charge in [0.05, 0.1) is 0 Å². The summed E-state index contributed by atoms with van der Waals surface area (Å²) in [5.74, 6) is 2.10. The first-order valence-electron chi connectivity index (χ1n) is 5.74. The van der Waals surface area contributed by atoms with Gasteiger partial charge in [0.2, 0.25) is 0 Å². The highest BCUT2D eigenvalue weighted by Gasteiger charge is 2.18. The van der Waals surface area contributed by atoms with E-state index in [4.69, 9.17) is 5.73 Å². The molecule has 3 N–H and O–H groups in total. The monoisotopic (exact) mass is 254 g/mol. The average molecular weight is 254 g/mol. The minimum Gasteiger partial charge on any atom is -0.384 e. The second kappa shape index (κ2) is 5.58. The average Bonchev–Trinajstić information content (AvgIpc) is 2.24. The Morgan fingerprint density at radius 3 is 2.59 bits per heavy atom. The van der Waals surface area contributed by atoms with Crippen molar-refractivity contribution in [1.82, 2.24) is 9.97 Å². The van der Waals surface area contributed by atoms with Gasteiger partial charge >= 0.3 is 0 Å². The van der Waals surface area contributed by atoms with Crippen molar-refractivity contribution in [3.63, 3.8) is 0 Å².